The fraction of sp³-hybridized carbons (Fsp3) is 0.333. The smallest absolute Gasteiger partial charge is 0.138 e. The van der Waals surface area contributed by atoms with E-state index < -0.39 is 0 Å². The predicted octanol–water partition coefficient (Wildman–Crippen LogP) is 1.74. The Balaban J connectivity index is 2.09. The van der Waals surface area contributed by atoms with E-state index in [0.717, 1.165) is 11.4 Å². The van der Waals surface area contributed by atoms with Gasteiger partial charge in [0.15, 0.2) is 0 Å². The molecule has 2 rings (SSSR count). The maximum absolute atomic E-state index is 6.16. The first kappa shape index (κ1) is 14.3. The zero-order valence-corrected chi connectivity index (χ0v) is 12.0. The molecule has 0 aliphatic rings. The molecule has 19 heavy (non-hydrogen) atoms. The number of hydrogen-bond donors (Lipinski definition) is 2. The Hall–Kier alpha value is -1.14. The molecule has 0 bridgehead atoms. The second-order valence-electron chi connectivity index (χ2n) is 4.31. The lowest BCUT2D eigenvalue weighted by Crippen LogP contribution is -2.39. The second kappa shape index (κ2) is 6.34. The van der Waals surface area contributed by atoms with Crippen LogP contribution in [0.3, 0.4) is 0 Å². The molecule has 1 aromatic heterocycles. The van der Waals surface area contributed by atoms with E-state index in [9.17, 15) is 0 Å². The van der Waals surface area contributed by atoms with E-state index in [1.54, 1.807) is 10.7 Å². The third kappa shape index (κ3) is 3.67. The summed E-state index contributed by atoms with van der Waals surface area (Å²) >= 11 is 12.0. The standard InChI is InChI=1S/C12H15Cl2N5/c1-19-12(16-7-17-19)6-10(18-15)4-8-2-3-9(13)5-11(8)14/h2-3,5,7,10,18H,4,6,15H2,1H3. The Bertz CT molecular complexity index is 555. The van der Waals surface area contributed by atoms with Crippen molar-refractivity contribution in [1.82, 2.24) is 20.2 Å². The Morgan fingerprint density at radius 2 is 2.16 bits per heavy atom. The lowest BCUT2D eigenvalue weighted by molar-refractivity contribution is 0.499. The number of hydrogen-bond acceptors (Lipinski definition) is 4. The minimum absolute atomic E-state index is 0.0292. The van der Waals surface area contributed by atoms with E-state index >= 15 is 0 Å². The van der Waals surface area contributed by atoms with Crippen molar-refractivity contribution in [2.24, 2.45) is 12.9 Å². The summed E-state index contributed by atoms with van der Waals surface area (Å²) < 4.78 is 1.73. The highest BCUT2D eigenvalue weighted by Gasteiger charge is 2.14. The largest absolute Gasteiger partial charge is 0.271 e. The molecule has 0 aliphatic carbocycles. The van der Waals surface area contributed by atoms with Gasteiger partial charge in [0.25, 0.3) is 0 Å². The first-order valence-electron chi connectivity index (χ1n) is 5.83. The quantitative estimate of drug-likeness (QED) is 0.652. The highest BCUT2D eigenvalue weighted by Crippen LogP contribution is 2.22. The summed E-state index contributed by atoms with van der Waals surface area (Å²) in [6.45, 7) is 0. The molecule has 1 unspecified atom stereocenters. The number of nitrogens with zero attached hydrogens (tertiary/aromatic N) is 3. The first-order chi connectivity index (χ1) is 9.10. The van der Waals surface area contributed by atoms with Crippen LogP contribution in [0.2, 0.25) is 10.0 Å². The Labute approximate surface area is 121 Å². The fourth-order valence-corrected chi connectivity index (χ4v) is 2.35. The monoisotopic (exact) mass is 299 g/mol. The Kier molecular flexibility index (Phi) is 4.76. The van der Waals surface area contributed by atoms with Crippen molar-refractivity contribution in [2.75, 3.05) is 0 Å². The van der Waals surface area contributed by atoms with E-state index in [1.807, 2.05) is 19.2 Å². The molecule has 0 aliphatic heterocycles. The van der Waals surface area contributed by atoms with Crippen LogP contribution in [0, 0.1) is 0 Å². The predicted molar refractivity (Wildman–Crippen MR) is 76.0 cm³/mol. The number of hydrazine groups is 1. The molecule has 0 fully saturated rings. The van der Waals surface area contributed by atoms with Gasteiger partial charge in [0.2, 0.25) is 0 Å². The third-order valence-electron chi connectivity index (χ3n) is 2.95. The van der Waals surface area contributed by atoms with Crippen LogP contribution < -0.4 is 11.3 Å². The summed E-state index contributed by atoms with van der Waals surface area (Å²) in [5.41, 5.74) is 3.78. The van der Waals surface area contributed by atoms with Gasteiger partial charge in [-0.1, -0.05) is 29.3 Å². The summed E-state index contributed by atoms with van der Waals surface area (Å²) in [5, 5.41) is 5.30. The summed E-state index contributed by atoms with van der Waals surface area (Å²) in [4.78, 5) is 4.18. The van der Waals surface area contributed by atoms with Gasteiger partial charge in [-0.25, -0.2) is 4.98 Å². The summed E-state index contributed by atoms with van der Waals surface area (Å²) in [7, 11) is 1.85. The van der Waals surface area contributed by atoms with Crippen molar-refractivity contribution in [1.29, 1.82) is 0 Å². The molecule has 1 heterocycles. The maximum atomic E-state index is 6.16. The van der Waals surface area contributed by atoms with E-state index in [0.29, 0.717) is 22.9 Å². The zero-order valence-electron chi connectivity index (χ0n) is 10.5. The molecule has 5 nitrogen and oxygen atoms in total. The minimum atomic E-state index is 0.0292. The Morgan fingerprint density at radius 3 is 2.74 bits per heavy atom. The van der Waals surface area contributed by atoms with Crippen LogP contribution in [0.4, 0.5) is 0 Å². The number of aryl methyl sites for hydroxylation is 1. The summed E-state index contributed by atoms with van der Waals surface area (Å²) in [6.07, 6.45) is 2.89. The van der Waals surface area contributed by atoms with Crippen LogP contribution in [-0.2, 0) is 19.9 Å². The van der Waals surface area contributed by atoms with Gasteiger partial charge < -0.3 is 0 Å². The number of nitrogens with one attached hydrogen (secondary N) is 1. The van der Waals surface area contributed by atoms with Crippen LogP contribution in [0.25, 0.3) is 0 Å². The molecular weight excluding hydrogens is 285 g/mol. The topological polar surface area (TPSA) is 68.8 Å². The van der Waals surface area contributed by atoms with Crippen molar-refractivity contribution in [3.63, 3.8) is 0 Å². The van der Waals surface area contributed by atoms with Crippen LogP contribution in [0.1, 0.15) is 11.4 Å². The average Bonchev–Trinajstić information content (AvgIpc) is 2.77. The normalized spacial score (nSPS) is 12.6. The van der Waals surface area contributed by atoms with Crippen LogP contribution in [-0.4, -0.2) is 20.8 Å². The molecule has 0 saturated carbocycles. The molecule has 2 aromatic rings. The lowest BCUT2D eigenvalue weighted by atomic mass is 10.0. The molecule has 0 spiro atoms. The number of aromatic nitrogens is 3. The van der Waals surface area contributed by atoms with Crippen molar-refractivity contribution >= 4 is 23.2 Å². The SMILES string of the molecule is Cn1ncnc1CC(Cc1ccc(Cl)cc1Cl)NN. The second-order valence-corrected chi connectivity index (χ2v) is 5.15. The van der Waals surface area contributed by atoms with Gasteiger partial charge in [0.05, 0.1) is 0 Å². The summed E-state index contributed by atoms with van der Waals surface area (Å²) in [5.74, 6) is 6.46. The highest BCUT2D eigenvalue weighted by atomic mass is 35.5. The van der Waals surface area contributed by atoms with Crippen molar-refractivity contribution in [3.05, 3.63) is 46.0 Å². The molecule has 0 saturated heterocycles. The first-order valence-corrected chi connectivity index (χ1v) is 6.58. The van der Waals surface area contributed by atoms with E-state index in [4.69, 9.17) is 29.0 Å². The van der Waals surface area contributed by atoms with Gasteiger partial charge in [-0.2, -0.15) is 5.10 Å². The zero-order chi connectivity index (χ0) is 13.8. The van der Waals surface area contributed by atoms with Crippen molar-refractivity contribution < 1.29 is 0 Å². The van der Waals surface area contributed by atoms with Crippen LogP contribution >= 0.6 is 23.2 Å². The molecule has 1 aromatic carbocycles. The molecule has 3 N–H and O–H groups in total. The van der Waals surface area contributed by atoms with Crippen LogP contribution in [0.5, 0.6) is 0 Å². The average molecular weight is 300 g/mol. The van der Waals surface area contributed by atoms with Gasteiger partial charge in [-0.15, -0.1) is 0 Å². The number of rotatable bonds is 5. The van der Waals surface area contributed by atoms with Gasteiger partial charge in [-0.05, 0) is 24.1 Å². The van der Waals surface area contributed by atoms with Gasteiger partial charge in [0.1, 0.15) is 12.2 Å². The Morgan fingerprint density at radius 1 is 1.37 bits per heavy atom. The third-order valence-corrected chi connectivity index (χ3v) is 3.54. The van der Waals surface area contributed by atoms with E-state index in [-0.39, 0.29) is 6.04 Å². The number of halogens is 2. The molecular formula is C12H15Cl2N5. The minimum Gasteiger partial charge on any atom is -0.271 e. The van der Waals surface area contributed by atoms with Crippen molar-refractivity contribution in [2.45, 2.75) is 18.9 Å². The van der Waals surface area contributed by atoms with Crippen molar-refractivity contribution in [3.8, 4) is 0 Å². The van der Waals surface area contributed by atoms with E-state index in [1.165, 1.54) is 6.33 Å². The number of nitrogens with two attached hydrogens (primary N) is 1. The number of benzene rings is 1. The van der Waals surface area contributed by atoms with Gasteiger partial charge in [0, 0.05) is 29.6 Å². The fourth-order valence-electron chi connectivity index (χ4n) is 1.87. The molecule has 1 atom stereocenters. The molecule has 7 heteroatoms. The summed E-state index contributed by atoms with van der Waals surface area (Å²) in [6, 6.07) is 5.49. The molecule has 102 valence electrons. The van der Waals surface area contributed by atoms with Gasteiger partial charge in [-0.3, -0.25) is 16.0 Å². The molecule has 0 amide bonds. The van der Waals surface area contributed by atoms with E-state index in [2.05, 4.69) is 15.5 Å². The van der Waals surface area contributed by atoms with Gasteiger partial charge >= 0.3 is 0 Å². The molecule has 0 radical (unpaired) electrons. The highest BCUT2D eigenvalue weighted by molar-refractivity contribution is 6.35. The van der Waals surface area contributed by atoms with Crippen LogP contribution in [0.15, 0.2) is 24.5 Å². The maximum Gasteiger partial charge on any atom is 0.138 e. The lowest BCUT2D eigenvalue weighted by Gasteiger charge is -2.16.